The van der Waals surface area contributed by atoms with Gasteiger partial charge in [-0.1, -0.05) is 18.2 Å². The molecule has 0 aliphatic carbocycles. The fourth-order valence-electron chi connectivity index (χ4n) is 2.37. The van der Waals surface area contributed by atoms with Crippen LogP contribution in [0.4, 0.5) is 10.5 Å². The van der Waals surface area contributed by atoms with E-state index in [-0.39, 0.29) is 11.7 Å². The minimum Gasteiger partial charge on any atom is -0.477 e. The third-order valence-corrected chi connectivity index (χ3v) is 3.50. The number of likely N-dealkylation sites (N-methyl/N-ethyl adjacent to an activating group) is 1. The molecule has 1 aromatic heterocycles. The number of aromatic amines is 1. The lowest BCUT2D eigenvalue weighted by Gasteiger charge is -2.18. The van der Waals surface area contributed by atoms with E-state index in [2.05, 4.69) is 10.2 Å². The summed E-state index contributed by atoms with van der Waals surface area (Å²) in [6.45, 7) is 1.26. The number of hydrogen-bond acceptors (Lipinski definition) is 3. The maximum absolute atomic E-state index is 12.1. The highest BCUT2D eigenvalue weighted by molar-refractivity contribution is 5.98. The van der Waals surface area contributed by atoms with Crippen LogP contribution >= 0.6 is 0 Å². The van der Waals surface area contributed by atoms with Gasteiger partial charge in [0, 0.05) is 25.7 Å². The topological polar surface area (TPSA) is 89.5 Å². The molecule has 1 fully saturated rings. The Morgan fingerprint density at radius 2 is 2.10 bits per heavy atom. The van der Waals surface area contributed by atoms with Crippen LogP contribution in [0, 0.1) is 0 Å². The molecule has 1 aliphatic heterocycles. The summed E-state index contributed by atoms with van der Waals surface area (Å²) < 4.78 is 0. The molecule has 108 valence electrons. The summed E-state index contributed by atoms with van der Waals surface area (Å²) in [5.74, 6) is -1.07. The van der Waals surface area contributed by atoms with Gasteiger partial charge in [-0.15, -0.1) is 0 Å². The van der Waals surface area contributed by atoms with E-state index in [0.29, 0.717) is 18.8 Å². The van der Waals surface area contributed by atoms with Crippen LogP contribution in [-0.2, 0) is 0 Å². The molecule has 21 heavy (non-hydrogen) atoms. The Kier molecular flexibility index (Phi) is 3.09. The SMILES string of the molecule is CN1CCN(c2ccccc2-c2cc(C(=O)O)[nH]n2)C1=O. The van der Waals surface area contributed by atoms with Gasteiger partial charge in [-0.2, -0.15) is 5.10 Å². The molecule has 2 amide bonds. The lowest BCUT2D eigenvalue weighted by molar-refractivity contribution is 0.0690. The number of nitrogens with one attached hydrogen (secondary N) is 1. The number of benzene rings is 1. The van der Waals surface area contributed by atoms with Gasteiger partial charge in [-0.05, 0) is 12.1 Å². The molecule has 2 heterocycles. The zero-order valence-electron chi connectivity index (χ0n) is 11.4. The number of carboxylic acids is 1. The molecule has 0 atom stereocenters. The molecule has 7 nitrogen and oxygen atoms in total. The van der Waals surface area contributed by atoms with Crippen LogP contribution < -0.4 is 4.90 Å². The number of anilines is 1. The number of aromatic nitrogens is 2. The number of rotatable bonds is 3. The minimum atomic E-state index is -1.07. The van der Waals surface area contributed by atoms with Crippen LogP contribution in [0.3, 0.4) is 0 Å². The Balaban J connectivity index is 2.03. The molecular weight excluding hydrogens is 272 g/mol. The van der Waals surface area contributed by atoms with Gasteiger partial charge in [0.15, 0.2) is 0 Å². The summed E-state index contributed by atoms with van der Waals surface area (Å²) in [4.78, 5) is 26.4. The Morgan fingerprint density at radius 1 is 1.33 bits per heavy atom. The molecule has 1 saturated heterocycles. The van der Waals surface area contributed by atoms with Crippen molar-refractivity contribution >= 4 is 17.7 Å². The molecule has 2 aromatic rings. The fourth-order valence-corrected chi connectivity index (χ4v) is 2.37. The number of amides is 2. The van der Waals surface area contributed by atoms with Crippen molar-refractivity contribution in [2.24, 2.45) is 0 Å². The summed E-state index contributed by atoms with van der Waals surface area (Å²) in [6, 6.07) is 8.72. The van der Waals surface area contributed by atoms with E-state index in [1.807, 2.05) is 24.3 Å². The van der Waals surface area contributed by atoms with Gasteiger partial charge in [0.1, 0.15) is 5.69 Å². The summed E-state index contributed by atoms with van der Waals surface area (Å²) in [5, 5.41) is 15.5. The lowest BCUT2D eigenvalue weighted by Crippen LogP contribution is -2.29. The highest BCUT2D eigenvalue weighted by Gasteiger charge is 2.28. The number of H-pyrrole nitrogens is 1. The average Bonchev–Trinajstić information content (AvgIpc) is 3.08. The van der Waals surface area contributed by atoms with Crippen LogP contribution in [0.1, 0.15) is 10.5 Å². The standard InChI is InChI=1S/C14H14N4O3/c1-17-6-7-18(14(17)21)12-5-3-2-4-9(12)10-8-11(13(19)20)16-15-10/h2-5,8H,6-7H2,1H3,(H,15,16)(H,19,20). The van der Waals surface area contributed by atoms with E-state index in [1.54, 1.807) is 16.8 Å². The molecule has 7 heteroatoms. The molecule has 0 radical (unpaired) electrons. The zero-order valence-corrected chi connectivity index (χ0v) is 11.4. The van der Waals surface area contributed by atoms with Gasteiger partial charge in [-0.25, -0.2) is 9.59 Å². The lowest BCUT2D eigenvalue weighted by atomic mass is 10.1. The average molecular weight is 286 g/mol. The molecule has 0 spiro atoms. The van der Waals surface area contributed by atoms with Gasteiger partial charge in [0.2, 0.25) is 0 Å². The number of carbonyl (C=O) groups is 2. The molecule has 0 saturated carbocycles. The fraction of sp³-hybridized carbons (Fsp3) is 0.214. The monoisotopic (exact) mass is 286 g/mol. The second-order valence-electron chi connectivity index (χ2n) is 4.84. The van der Waals surface area contributed by atoms with Gasteiger partial charge < -0.3 is 10.0 Å². The largest absolute Gasteiger partial charge is 0.477 e. The van der Waals surface area contributed by atoms with Crippen molar-refractivity contribution in [3.8, 4) is 11.3 Å². The summed E-state index contributed by atoms with van der Waals surface area (Å²) in [5.41, 5.74) is 1.98. The first-order valence-corrected chi connectivity index (χ1v) is 6.48. The van der Waals surface area contributed by atoms with E-state index in [9.17, 15) is 9.59 Å². The predicted octanol–water partition coefficient (Wildman–Crippen LogP) is 1.65. The van der Waals surface area contributed by atoms with Crippen molar-refractivity contribution < 1.29 is 14.7 Å². The number of carboxylic acid groups (broad SMARTS) is 1. The van der Waals surface area contributed by atoms with Crippen molar-refractivity contribution in [1.82, 2.24) is 15.1 Å². The summed E-state index contributed by atoms with van der Waals surface area (Å²) in [6.07, 6.45) is 0. The number of hydrogen-bond donors (Lipinski definition) is 2. The van der Waals surface area contributed by atoms with Gasteiger partial charge in [-0.3, -0.25) is 10.00 Å². The maximum atomic E-state index is 12.1. The summed E-state index contributed by atoms with van der Waals surface area (Å²) in [7, 11) is 1.75. The number of carbonyl (C=O) groups excluding carboxylic acids is 1. The first-order chi connectivity index (χ1) is 10.1. The third kappa shape index (κ3) is 2.22. The Labute approximate surface area is 120 Å². The van der Waals surface area contributed by atoms with Gasteiger partial charge >= 0.3 is 12.0 Å². The van der Waals surface area contributed by atoms with Gasteiger partial charge in [0.25, 0.3) is 0 Å². The number of aromatic carboxylic acids is 1. The normalized spacial score (nSPS) is 14.8. The van der Waals surface area contributed by atoms with Crippen molar-refractivity contribution in [2.45, 2.75) is 0 Å². The Hall–Kier alpha value is -2.83. The molecule has 1 aromatic carbocycles. The molecule has 1 aliphatic rings. The highest BCUT2D eigenvalue weighted by atomic mass is 16.4. The van der Waals surface area contributed by atoms with Crippen LogP contribution in [-0.4, -0.2) is 52.3 Å². The molecular formula is C14H14N4O3. The van der Waals surface area contributed by atoms with E-state index >= 15 is 0 Å². The van der Waals surface area contributed by atoms with Gasteiger partial charge in [0.05, 0.1) is 11.4 Å². The van der Waals surface area contributed by atoms with Crippen molar-refractivity contribution in [3.05, 3.63) is 36.0 Å². The smallest absolute Gasteiger partial charge is 0.353 e. The minimum absolute atomic E-state index is 0.0182. The first-order valence-electron chi connectivity index (χ1n) is 6.48. The number of nitrogens with zero attached hydrogens (tertiary/aromatic N) is 3. The van der Waals surface area contributed by atoms with Crippen molar-refractivity contribution in [1.29, 1.82) is 0 Å². The highest BCUT2D eigenvalue weighted by Crippen LogP contribution is 2.31. The predicted molar refractivity (Wildman–Crippen MR) is 76.4 cm³/mol. The number of urea groups is 1. The molecule has 3 rings (SSSR count). The van der Waals surface area contributed by atoms with Crippen LogP contribution in [0.2, 0.25) is 0 Å². The Bertz CT molecular complexity index is 710. The van der Waals surface area contributed by atoms with E-state index in [4.69, 9.17) is 5.11 Å². The zero-order chi connectivity index (χ0) is 15.0. The molecule has 2 N–H and O–H groups in total. The van der Waals surface area contributed by atoms with Crippen LogP contribution in [0.15, 0.2) is 30.3 Å². The van der Waals surface area contributed by atoms with Crippen LogP contribution in [0.25, 0.3) is 11.3 Å². The maximum Gasteiger partial charge on any atom is 0.353 e. The first kappa shape index (κ1) is 13.2. The Morgan fingerprint density at radius 3 is 2.71 bits per heavy atom. The third-order valence-electron chi connectivity index (χ3n) is 3.50. The quantitative estimate of drug-likeness (QED) is 0.897. The molecule has 0 unspecified atom stereocenters. The van der Waals surface area contributed by atoms with E-state index < -0.39 is 5.97 Å². The summed E-state index contributed by atoms with van der Waals surface area (Å²) >= 11 is 0. The second kappa shape index (κ2) is 4.93. The van der Waals surface area contributed by atoms with Crippen LogP contribution in [0.5, 0.6) is 0 Å². The molecule has 0 bridgehead atoms. The van der Waals surface area contributed by atoms with E-state index in [0.717, 1.165) is 11.3 Å². The van der Waals surface area contributed by atoms with Crippen molar-refractivity contribution in [3.63, 3.8) is 0 Å². The van der Waals surface area contributed by atoms with Crippen molar-refractivity contribution in [2.75, 3.05) is 25.0 Å². The number of para-hydroxylation sites is 1. The second-order valence-corrected chi connectivity index (χ2v) is 4.84. The van der Waals surface area contributed by atoms with E-state index in [1.165, 1.54) is 6.07 Å².